The van der Waals surface area contributed by atoms with Crippen LogP contribution in [0.1, 0.15) is 19.4 Å². The Labute approximate surface area is 96.8 Å². The van der Waals surface area contributed by atoms with Crippen molar-refractivity contribution in [2.45, 2.75) is 25.8 Å². The fraction of sp³-hybridized carbons (Fsp3) is 0.400. The molecule has 0 aromatic heterocycles. The number of nitro benzene ring substituents is 1. The molecule has 4 nitrogen and oxygen atoms in total. The molecule has 15 heavy (non-hydrogen) atoms. The predicted octanol–water partition coefficient (Wildman–Crippen LogP) is 2.64. The Bertz CT molecular complexity index is 385. The van der Waals surface area contributed by atoms with Gasteiger partial charge in [0.25, 0.3) is 5.69 Å². The summed E-state index contributed by atoms with van der Waals surface area (Å²) in [7, 11) is 0. The minimum absolute atomic E-state index is 0.0803. The van der Waals surface area contributed by atoms with Crippen molar-refractivity contribution in [2.75, 3.05) is 0 Å². The Hall–Kier alpha value is -0.940. The van der Waals surface area contributed by atoms with Gasteiger partial charge in [-0.05, 0) is 47.8 Å². The normalized spacial score (nSPS) is 11.5. The summed E-state index contributed by atoms with van der Waals surface area (Å²) in [5.74, 6) is 0. The summed E-state index contributed by atoms with van der Waals surface area (Å²) in [6.45, 7) is 3.78. The van der Waals surface area contributed by atoms with Gasteiger partial charge in [0.1, 0.15) is 0 Å². The summed E-state index contributed by atoms with van der Waals surface area (Å²) in [4.78, 5) is 10.3. The largest absolute Gasteiger partial charge is 0.325 e. The molecule has 0 saturated heterocycles. The standard InChI is InChI=1S/C10H13BrN2O2/c1-10(2,12)6-7-3-4-8(11)9(5-7)13(14)15/h3-5H,6,12H2,1-2H3. The molecule has 0 spiro atoms. The Morgan fingerprint density at radius 1 is 1.53 bits per heavy atom. The van der Waals surface area contributed by atoms with Crippen molar-refractivity contribution >= 4 is 21.6 Å². The lowest BCUT2D eigenvalue weighted by atomic mass is 9.96. The molecule has 0 heterocycles. The molecule has 0 unspecified atom stereocenters. The smallest absolute Gasteiger partial charge is 0.283 e. The zero-order valence-electron chi connectivity index (χ0n) is 8.66. The number of halogens is 1. The average molecular weight is 273 g/mol. The van der Waals surface area contributed by atoms with E-state index in [-0.39, 0.29) is 11.2 Å². The quantitative estimate of drug-likeness (QED) is 0.679. The van der Waals surface area contributed by atoms with Crippen LogP contribution in [0.15, 0.2) is 22.7 Å². The molecule has 0 aliphatic heterocycles. The minimum atomic E-state index is -0.406. The summed E-state index contributed by atoms with van der Waals surface area (Å²) < 4.78 is 0.492. The molecule has 0 fully saturated rings. The van der Waals surface area contributed by atoms with Gasteiger partial charge in [-0.15, -0.1) is 0 Å². The fourth-order valence-corrected chi connectivity index (χ4v) is 1.73. The van der Waals surface area contributed by atoms with Gasteiger partial charge in [-0.25, -0.2) is 0 Å². The number of hydrogen-bond donors (Lipinski definition) is 1. The molecule has 1 aromatic rings. The molecule has 0 atom stereocenters. The summed E-state index contributed by atoms with van der Waals surface area (Å²) in [6, 6.07) is 5.07. The van der Waals surface area contributed by atoms with Gasteiger partial charge in [-0.3, -0.25) is 10.1 Å². The van der Waals surface area contributed by atoms with Crippen LogP contribution in [-0.4, -0.2) is 10.5 Å². The van der Waals surface area contributed by atoms with Gasteiger partial charge in [-0.2, -0.15) is 0 Å². The first-order valence-electron chi connectivity index (χ1n) is 4.51. The van der Waals surface area contributed by atoms with Gasteiger partial charge in [0.2, 0.25) is 0 Å². The second-order valence-corrected chi connectivity index (χ2v) is 5.06. The van der Waals surface area contributed by atoms with E-state index in [4.69, 9.17) is 5.73 Å². The summed E-state index contributed by atoms with van der Waals surface area (Å²) in [5.41, 5.74) is 6.44. The topological polar surface area (TPSA) is 69.2 Å². The Morgan fingerprint density at radius 3 is 2.60 bits per heavy atom. The minimum Gasteiger partial charge on any atom is -0.325 e. The van der Waals surface area contributed by atoms with Crippen molar-refractivity contribution in [3.05, 3.63) is 38.3 Å². The molecule has 0 saturated carbocycles. The second-order valence-electron chi connectivity index (χ2n) is 4.21. The highest BCUT2D eigenvalue weighted by Crippen LogP contribution is 2.26. The Morgan fingerprint density at radius 2 is 2.13 bits per heavy atom. The maximum atomic E-state index is 10.7. The van der Waals surface area contributed by atoms with Gasteiger partial charge in [0.05, 0.1) is 9.40 Å². The predicted molar refractivity (Wildman–Crippen MR) is 62.8 cm³/mol. The van der Waals surface area contributed by atoms with Gasteiger partial charge in [-0.1, -0.05) is 6.07 Å². The molecule has 0 aliphatic rings. The van der Waals surface area contributed by atoms with Crippen molar-refractivity contribution in [1.29, 1.82) is 0 Å². The molecule has 0 aliphatic carbocycles. The van der Waals surface area contributed by atoms with Crippen LogP contribution >= 0.6 is 15.9 Å². The number of nitrogens with zero attached hydrogens (tertiary/aromatic N) is 1. The molecule has 0 bridgehead atoms. The lowest BCUT2D eigenvalue weighted by Crippen LogP contribution is -2.34. The number of rotatable bonds is 3. The van der Waals surface area contributed by atoms with Crippen LogP contribution in [-0.2, 0) is 6.42 Å². The van der Waals surface area contributed by atoms with Crippen molar-refractivity contribution in [3.8, 4) is 0 Å². The third-order valence-corrected chi connectivity index (χ3v) is 2.54. The van der Waals surface area contributed by atoms with Crippen molar-refractivity contribution < 1.29 is 4.92 Å². The highest BCUT2D eigenvalue weighted by molar-refractivity contribution is 9.10. The molecule has 0 radical (unpaired) electrons. The Kier molecular flexibility index (Phi) is 3.46. The zero-order valence-corrected chi connectivity index (χ0v) is 10.2. The van der Waals surface area contributed by atoms with Crippen LogP contribution in [0, 0.1) is 10.1 Å². The van der Waals surface area contributed by atoms with E-state index in [1.807, 2.05) is 19.9 Å². The fourth-order valence-electron chi connectivity index (χ4n) is 1.33. The van der Waals surface area contributed by atoms with Crippen LogP contribution < -0.4 is 5.73 Å². The number of hydrogen-bond acceptors (Lipinski definition) is 3. The van der Waals surface area contributed by atoms with E-state index < -0.39 is 4.92 Å². The van der Waals surface area contributed by atoms with Crippen molar-refractivity contribution in [1.82, 2.24) is 0 Å². The number of nitro groups is 1. The van der Waals surface area contributed by atoms with E-state index in [1.54, 1.807) is 12.1 Å². The summed E-state index contributed by atoms with van der Waals surface area (Å²) >= 11 is 3.14. The van der Waals surface area contributed by atoms with Gasteiger partial charge in [0, 0.05) is 11.6 Å². The average Bonchev–Trinajstić information content (AvgIpc) is 2.05. The molecule has 2 N–H and O–H groups in total. The maximum absolute atomic E-state index is 10.7. The molecule has 0 amide bonds. The Balaban J connectivity index is 3.03. The monoisotopic (exact) mass is 272 g/mol. The van der Waals surface area contributed by atoms with Crippen LogP contribution in [0.5, 0.6) is 0 Å². The van der Waals surface area contributed by atoms with Gasteiger partial charge in [0.15, 0.2) is 0 Å². The maximum Gasteiger partial charge on any atom is 0.283 e. The highest BCUT2D eigenvalue weighted by Gasteiger charge is 2.16. The van der Waals surface area contributed by atoms with E-state index >= 15 is 0 Å². The lowest BCUT2D eigenvalue weighted by Gasteiger charge is -2.18. The van der Waals surface area contributed by atoms with E-state index in [2.05, 4.69) is 15.9 Å². The molecular formula is C10H13BrN2O2. The first kappa shape index (κ1) is 12.1. The molecule has 82 valence electrons. The number of benzene rings is 1. The van der Waals surface area contributed by atoms with E-state index in [0.717, 1.165) is 5.56 Å². The van der Waals surface area contributed by atoms with E-state index in [1.165, 1.54) is 0 Å². The molecular weight excluding hydrogens is 260 g/mol. The van der Waals surface area contributed by atoms with Gasteiger partial charge >= 0.3 is 0 Å². The van der Waals surface area contributed by atoms with Crippen LogP contribution in [0.2, 0.25) is 0 Å². The third-order valence-electron chi connectivity index (χ3n) is 1.87. The van der Waals surface area contributed by atoms with E-state index in [0.29, 0.717) is 10.9 Å². The number of nitrogens with two attached hydrogens (primary N) is 1. The zero-order chi connectivity index (χ0) is 11.6. The van der Waals surface area contributed by atoms with Gasteiger partial charge < -0.3 is 5.73 Å². The first-order valence-corrected chi connectivity index (χ1v) is 5.30. The van der Waals surface area contributed by atoms with E-state index in [9.17, 15) is 10.1 Å². The second kappa shape index (κ2) is 4.28. The van der Waals surface area contributed by atoms with Crippen LogP contribution in [0.25, 0.3) is 0 Å². The third kappa shape index (κ3) is 3.60. The van der Waals surface area contributed by atoms with Crippen LogP contribution in [0.4, 0.5) is 5.69 Å². The van der Waals surface area contributed by atoms with Crippen molar-refractivity contribution in [2.24, 2.45) is 5.73 Å². The molecule has 1 aromatic carbocycles. The SMILES string of the molecule is CC(C)(N)Cc1ccc(Br)c([N+](=O)[O-])c1. The van der Waals surface area contributed by atoms with Crippen molar-refractivity contribution in [3.63, 3.8) is 0 Å². The summed E-state index contributed by atoms with van der Waals surface area (Å²) in [6.07, 6.45) is 0.612. The first-order chi connectivity index (χ1) is 6.79. The summed E-state index contributed by atoms with van der Waals surface area (Å²) in [5, 5.41) is 10.7. The lowest BCUT2D eigenvalue weighted by molar-refractivity contribution is -0.385. The molecule has 5 heteroatoms. The molecule has 1 rings (SSSR count). The highest BCUT2D eigenvalue weighted by atomic mass is 79.9. The van der Waals surface area contributed by atoms with Crippen LogP contribution in [0.3, 0.4) is 0 Å².